The Morgan fingerprint density at radius 2 is 2.33 bits per heavy atom. The Morgan fingerprint density at radius 3 is 3.06 bits per heavy atom. The Balaban J connectivity index is 1.92. The quantitative estimate of drug-likeness (QED) is 0.626. The molecule has 0 aliphatic carbocycles. The Kier molecular flexibility index (Phi) is 3.86. The molecule has 5 heteroatoms. The molecule has 0 aliphatic heterocycles. The summed E-state index contributed by atoms with van der Waals surface area (Å²) in [6, 6.07) is 8.70. The third-order valence-electron chi connectivity index (χ3n) is 2.34. The van der Waals surface area contributed by atoms with Gasteiger partial charge in [-0.1, -0.05) is 0 Å². The molecule has 94 valence electrons. The second kappa shape index (κ2) is 5.77. The van der Waals surface area contributed by atoms with E-state index in [0.29, 0.717) is 12.3 Å². The second-order valence-electron chi connectivity index (χ2n) is 3.60. The minimum absolute atomic E-state index is 0.109. The summed E-state index contributed by atoms with van der Waals surface area (Å²) in [7, 11) is 1.51. The first kappa shape index (κ1) is 12.0. The first-order chi connectivity index (χ1) is 8.79. The van der Waals surface area contributed by atoms with E-state index in [1.54, 1.807) is 30.7 Å². The molecule has 0 saturated heterocycles. The Morgan fingerprint density at radius 1 is 1.44 bits per heavy atom. The van der Waals surface area contributed by atoms with Crippen molar-refractivity contribution in [2.45, 2.75) is 6.54 Å². The number of benzene rings is 1. The summed E-state index contributed by atoms with van der Waals surface area (Å²) in [5.41, 5.74) is 3.69. The molecule has 0 unspecified atom stereocenters. The predicted molar refractivity (Wildman–Crippen MR) is 67.8 cm³/mol. The molecule has 1 heterocycles. The molecular formula is C13H14N2O3. The molecule has 2 N–H and O–H groups in total. The smallest absolute Gasteiger partial charge is 0.161 e. The van der Waals surface area contributed by atoms with Crippen LogP contribution in [0, 0.1) is 0 Å². The number of hydrogen-bond acceptors (Lipinski definition) is 5. The first-order valence-corrected chi connectivity index (χ1v) is 5.45. The van der Waals surface area contributed by atoms with Crippen molar-refractivity contribution in [3.8, 4) is 11.5 Å². The van der Waals surface area contributed by atoms with Crippen molar-refractivity contribution < 1.29 is 14.3 Å². The van der Waals surface area contributed by atoms with E-state index in [0.717, 1.165) is 11.3 Å². The molecule has 2 rings (SSSR count). The molecule has 0 saturated carbocycles. The van der Waals surface area contributed by atoms with Gasteiger partial charge in [-0.2, -0.15) is 5.10 Å². The maximum atomic E-state index is 9.43. The van der Waals surface area contributed by atoms with Crippen molar-refractivity contribution in [1.82, 2.24) is 5.43 Å². The van der Waals surface area contributed by atoms with Crippen molar-refractivity contribution in [2.24, 2.45) is 5.10 Å². The fraction of sp³-hybridized carbons (Fsp3) is 0.154. The number of ether oxygens (including phenoxy) is 1. The normalized spacial score (nSPS) is 10.7. The lowest BCUT2D eigenvalue weighted by atomic mass is 10.2. The molecular weight excluding hydrogens is 232 g/mol. The van der Waals surface area contributed by atoms with Gasteiger partial charge in [0.2, 0.25) is 0 Å². The van der Waals surface area contributed by atoms with Crippen LogP contribution in [-0.2, 0) is 6.54 Å². The molecule has 0 radical (unpaired) electrons. The number of rotatable bonds is 5. The predicted octanol–water partition coefficient (Wildman–Crippen LogP) is 2.12. The van der Waals surface area contributed by atoms with Gasteiger partial charge in [0.15, 0.2) is 11.5 Å². The number of furan rings is 1. The van der Waals surface area contributed by atoms with E-state index in [1.165, 1.54) is 7.11 Å². The minimum atomic E-state index is 0.109. The third-order valence-corrected chi connectivity index (χ3v) is 2.34. The third kappa shape index (κ3) is 3.04. The van der Waals surface area contributed by atoms with Gasteiger partial charge in [0, 0.05) is 0 Å². The highest BCUT2D eigenvalue weighted by Crippen LogP contribution is 2.25. The lowest BCUT2D eigenvalue weighted by molar-refractivity contribution is 0.373. The number of nitrogens with zero attached hydrogens (tertiary/aromatic N) is 1. The summed E-state index contributed by atoms with van der Waals surface area (Å²) in [5, 5.41) is 13.5. The maximum absolute atomic E-state index is 9.43. The van der Waals surface area contributed by atoms with Crippen LogP contribution in [0.3, 0.4) is 0 Å². The first-order valence-electron chi connectivity index (χ1n) is 5.45. The van der Waals surface area contributed by atoms with Gasteiger partial charge in [0.05, 0.1) is 26.1 Å². The zero-order valence-electron chi connectivity index (χ0n) is 9.96. The molecule has 18 heavy (non-hydrogen) atoms. The maximum Gasteiger partial charge on any atom is 0.161 e. The van der Waals surface area contributed by atoms with Gasteiger partial charge in [-0.15, -0.1) is 0 Å². The van der Waals surface area contributed by atoms with Gasteiger partial charge in [0.25, 0.3) is 0 Å². The number of phenols is 1. The van der Waals surface area contributed by atoms with Crippen molar-refractivity contribution in [1.29, 1.82) is 0 Å². The van der Waals surface area contributed by atoms with Gasteiger partial charge >= 0.3 is 0 Å². The summed E-state index contributed by atoms with van der Waals surface area (Å²) in [4.78, 5) is 0. The number of methoxy groups -OCH3 is 1. The van der Waals surface area contributed by atoms with E-state index >= 15 is 0 Å². The number of phenolic OH excluding ortho intramolecular Hbond substituents is 1. The van der Waals surface area contributed by atoms with Gasteiger partial charge in [-0.05, 0) is 35.9 Å². The lowest BCUT2D eigenvalue weighted by Gasteiger charge is -2.03. The van der Waals surface area contributed by atoms with Crippen LogP contribution >= 0.6 is 0 Å². The van der Waals surface area contributed by atoms with E-state index in [-0.39, 0.29) is 5.75 Å². The molecule has 0 amide bonds. The SMILES string of the molecule is COc1cc(C=NNCc2ccco2)ccc1O. The molecule has 1 aromatic heterocycles. The molecule has 0 atom stereocenters. The van der Waals surface area contributed by atoms with E-state index in [2.05, 4.69) is 10.5 Å². The highest BCUT2D eigenvalue weighted by Gasteiger charge is 2.00. The van der Waals surface area contributed by atoms with Crippen LogP contribution in [0.5, 0.6) is 11.5 Å². The zero-order chi connectivity index (χ0) is 12.8. The van der Waals surface area contributed by atoms with Crippen LogP contribution in [0.2, 0.25) is 0 Å². The minimum Gasteiger partial charge on any atom is -0.504 e. The van der Waals surface area contributed by atoms with Crippen LogP contribution in [0.15, 0.2) is 46.1 Å². The Labute approximate surface area is 105 Å². The van der Waals surface area contributed by atoms with Gasteiger partial charge in [0.1, 0.15) is 5.76 Å². The highest BCUT2D eigenvalue weighted by molar-refractivity contribution is 5.80. The van der Waals surface area contributed by atoms with Crippen molar-refractivity contribution in [3.63, 3.8) is 0 Å². The number of hydrazone groups is 1. The van der Waals surface area contributed by atoms with Gasteiger partial charge in [-0.3, -0.25) is 0 Å². The molecule has 5 nitrogen and oxygen atoms in total. The number of nitrogens with one attached hydrogen (secondary N) is 1. The summed E-state index contributed by atoms with van der Waals surface area (Å²) < 4.78 is 10.2. The van der Waals surface area contributed by atoms with Crippen molar-refractivity contribution in [3.05, 3.63) is 47.9 Å². The summed E-state index contributed by atoms with van der Waals surface area (Å²) in [6.45, 7) is 0.527. The van der Waals surface area contributed by atoms with Crippen LogP contribution in [0.1, 0.15) is 11.3 Å². The Bertz CT molecular complexity index is 521. The average molecular weight is 246 g/mol. The number of aromatic hydroxyl groups is 1. The lowest BCUT2D eigenvalue weighted by Crippen LogP contribution is -2.04. The molecule has 0 aliphatic rings. The molecule has 0 bridgehead atoms. The summed E-state index contributed by atoms with van der Waals surface area (Å²) in [5.74, 6) is 1.35. The van der Waals surface area contributed by atoms with E-state index in [9.17, 15) is 5.11 Å². The summed E-state index contributed by atoms with van der Waals surface area (Å²) in [6.07, 6.45) is 3.26. The van der Waals surface area contributed by atoms with E-state index in [4.69, 9.17) is 9.15 Å². The fourth-order valence-electron chi connectivity index (χ4n) is 1.43. The number of hydrogen-bond donors (Lipinski definition) is 2. The van der Waals surface area contributed by atoms with Crippen LogP contribution in [0.4, 0.5) is 0 Å². The standard InChI is InChI=1S/C13H14N2O3/c1-17-13-7-10(4-5-12(13)16)8-14-15-9-11-3-2-6-18-11/h2-8,15-16H,9H2,1H3. The molecule has 0 fully saturated rings. The average Bonchev–Trinajstić information content (AvgIpc) is 2.89. The fourth-order valence-corrected chi connectivity index (χ4v) is 1.43. The monoisotopic (exact) mass is 246 g/mol. The van der Waals surface area contributed by atoms with E-state index in [1.807, 2.05) is 12.1 Å². The largest absolute Gasteiger partial charge is 0.504 e. The van der Waals surface area contributed by atoms with Crippen LogP contribution in [0.25, 0.3) is 0 Å². The molecule has 0 spiro atoms. The van der Waals surface area contributed by atoms with Crippen LogP contribution < -0.4 is 10.2 Å². The highest BCUT2D eigenvalue weighted by atomic mass is 16.5. The topological polar surface area (TPSA) is 67.0 Å². The van der Waals surface area contributed by atoms with Crippen molar-refractivity contribution >= 4 is 6.21 Å². The van der Waals surface area contributed by atoms with Gasteiger partial charge < -0.3 is 19.7 Å². The second-order valence-corrected chi connectivity index (χ2v) is 3.60. The van der Waals surface area contributed by atoms with Crippen LogP contribution in [-0.4, -0.2) is 18.4 Å². The van der Waals surface area contributed by atoms with Crippen molar-refractivity contribution in [2.75, 3.05) is 7.11 Å². The molecule has 1 aromatic carbocycles. The summed E-state index contributed by atoms with van der Waals surface area (Å²) >= 11 is 0. The zero-order valence-corrected chi connectivity index (χ0v) is 9.96. The molecule has 2 aromatic rings. The van der Waals surface area contributed by atoms with Gasteiger partial charge in [-0.25, -0.2) is 0 Å². The van der Waals surface area contributed by atoms with E-state index < -0.39 is 0 Å². The Hall–Kier alpha value is -2.43.